The first-order valence-corrected chi connectivity index (χ1v) is 10.9. The van der Waals surface area contributed by atoms with Crippen LogP contribution in [-0.4, -0.2) is 38.5 Å². The number of anilines is 1. The van der Waals surface area contributed by atoms with Crippen molar-refractivity contribution in [3.63, 3.8) is 0 Å². The van der Waals surface area contributed by atoms with E-state index in [1.165, 1.54) is 24.4 Å². The highest BCUT2D eigenvalue weighted by molar-refractivity contribution is 7.99. The summed E-state index contributed by atoms with van der Waals surface area (Å²) in [6, 6.07) is 11.4. The minimum atomic E-state index is -3.43. The number of carbonyl (C=O) groups is 1. The van der Waals surface area contributed by atoms with Gasteiger partial charge in [-0.1, -0.05) is 41.1 Å². The lowest BCUT2D eigenvalue weighted by molar-refractivity contribution is -0.116. The molecule has 0 heterocycles. The van der Waals surface area contributed by atoms with Crippen molar-refractivity contribution in [2.75, 3.05) is 25.2 Å². The van der Waals surface area contributed by atoms with Crippen molar-refractivity contribution in [3.8, 4) is 0 Å². The second-order valence-corrected chi connectivity index (χ2v) is 9.69. The molecular weight excluding hydrogens is 392 g/mol. The van der Waals surface area contributed by atoms with Crippen LogP contribution < -0.4 is 5.32 Å². The molecule has 2 rings (SSSR count). The van der Waals surface area contributed by atoms with Gasteiger partial charge in [0.25, 0.3) is 0 Å². The van der Waals surface area contributed by atoms with Gasteiger partial charge < -0.3 is 5.32 Å². The van der Waals surface area contributed by atoms with Crippen molar-refractivity contribution < 1.29 is 13.2 Å². The number of hydrogen-bond donors (Lipinski definition) is 1. The lowest BCUT2D eigenvalue weighted by atomic mass is 10.2. The van der Waals surface area contributed by atoms with Gasteiger partial charge in [0.1, 0.15) is 0 Å². The number of nitrogens with one attached hydrogen (secondary N) is 1. The summed E-state index contributed by atoms with van der Waals surface area (Å²) < 4.78 is 23.9. The number of likely N-dealkylation sites (N-methyl/N-ethyl adjacent to an activating group) is 1. The Labute approximate surface area is 163 Å². The van der Waals surface area contributed by atoms with E-state index in [0.29, 0.717) is 10.7 Å². The molecular formula is C18H21ClN2O3S2. The fourth-order valence-electron chi connectivity index (χ4n) is 2.23. The summed E-state index contributed by atoms with van der Waals surface area (Å²) in [4.78, 5) is 14.1. The zero-order valence-electron chi connectivity index (χ0n) is 15.0. The first kappa shape index (κ1) is 20.8. The number of sulfonamides is 1. The SMILES string of the molecule is Cc1ccc(Sc2ccc(Cl)cc2NC(=O)CN(C)S(C)(=O)=O)c(C)c1. The molecule has 0 bridgehead atoms. The molecule has 140 valence electrons. The second-order valence-electron chi connectivity index (χ2n) is 6.08. The largest absolute Gasteiger partial charge is 0.324 e. The smallest absolute Gasteiger partial charge is 0.239 e. The van der Waals surface area contributed by atoms with Gasteiger partial charge in [0, 0.05) is 21.9 Å². The predicted octanol–water partition coefficient (Wildman–Crippen LogP) is 3.94. The molecule has 0 fully saturated rings. The summed E-state index contributed by atoms with van der Waals surface area (Å²) in [5.74, 6) is -0.428. The van der Waals surface area contributed by atoms with E-state index < -0.39 is 15.9 Å². The minimum Gasteiger partial charge on any atom is -0.324 e. The topological polar surface area (TPSA) is 66.5 Å². The zero-order valence-corrected chi connectivity index (χ0v) is 17.4. The summed E-state index contributed by atoms with van der Waals surface area (Å²) in [5, 5.41) is 3.24. The maximum atomic E-state index is 12.2. The van der Waals surface area contributed by atoms with Crippen molar-refractivity contribution in [1.29, 1.82) is 0 Å². The van der Waals surface area contributed by atoms with Crippen LogP contribution in [0.15, 0.2) is 46.2 Å². The number of rotatable bonds is 6. The summed E-state index contributed by atoms with van der Waals surface area (Å²) in [7, 11) is -2.07. The van der Waals surface area contributed by atoms with Gasteiger partial charge in [0.15, 0.2) is 0 Å². The van der Waals surface area contributed by atoms with E-state index in [9.17, 15) is 13.2 Å². The normalized spacial score (nSPS) is 11.6. The van der Waals surface area contributed by atoms with E-state index in [2.05, 4.69) is 11.4 Å². The third-order valence-electron chi connectivity index (χ3n) is 3.70. The van der Waals surface area contributed by atoms with Gasteiger partial charge >= 0.3 is 0 Å². The average molecular weight is 413 g/mol. The third kappa shape index (κ3) is 5.74. The van der Waals surface area contributed by atoms with Crippen molar-refractivity contribution in [2.45, 2.75) is 23.6 Å². The van der Waals surface area contributed by atoms with Crippen molar-refractivity contribution >= 4 is 45.0 Å². The molecule has 26 heavy (non-hydrogen) atoms. The molecule has 0 spiro atoms. The van der Waals surface area contributed by atoms with Gasteiger partial charge in [-0.05, 0) is 43.7 Å². The number of carbonyl (C=O) groups excluding carboxylic acids is 1. The van der Waals surface area contributed by atoms with Crippen LogP contribution in [0.1, 0.15) is 11.1 Å². The average Bonchev–Trinajstić information content (AvgIpc) is 2.51. The Bertz CT molecular complexity index is 930. The lowest BCUT2D eigenvalue weighted by Gasteiger charge is -2.16. The molecule has 0 saturated carbocycles. The molecule has 0 atom stereocenters. The van der Waals surface area contributed by atoms with Crippen molar-refractivity contribution in [2.24, 2.45) is 0 Å². The molecule has 0 aromatic heterocycles. The highest BCUT2D eigenvalue weighted by Gasteiger charge is 2.17. The molecule has 2 aromatic rings. The zero-order chi connectivity index (χ0) is 19.5. The van der Waals surface area contributed by atoms with Crippen LogP contribution in [0.3, 0.4) is 0 Å². The molecule has 0 saturated heterocycles. The molecule has 0 unspecified atom stereocenters. The van der Waals surface area contributed by atoms with Crippen molar-refractivity contribution in [1.82, 2.24) is 4.31 Å². The third-order valence-corrected chi connectivity index (χ3v) is 6.45. The number of aryl methyl sites for hydroxylation is 2. The summed E-state index contributed by atoms with van der Waals surface area (Å²) in [6.45, 7) is 3.80. The number of nitrogens with zero attached hydrogens (tertiary/aromatic N) is 1. The number of amides is 1. The number of halogens is 1. The Morgan fingerprint density at radius 1 is 1.15 bits per heavy atom. The Morgan fingerprint density at radius 2 is 1.81 bits per heavy atom. The molecule has 0 aliphatic rings. The van der Waals surface area contributed by atoms with Crippen molar-refractivity contribution in [3.05, 3.63) is 52.5 Å². The molecule has 2 aromatic carbocycles. The monoisotopic (exact) mass is 412 g/mol. The maximum absolute atomic E-state index is 12.2. The van der Waals surface area contributed by atoms with Crippen LogP contribution in [-0.2, 0) is 14.8 Å². The van der Waals surface area contributed by atoms with Crippen LogP contribution >= 0.6 is 23.4 Å². The summed E-state index contributed by atoms with van der Waals surface area (Å²) in [6.07, 6.45) is 1.06. The van der Waals surface area contributed by atoms with Gasteiger partial charge in [0.2, 0.25) is 15.9 Å². The molecule has 0 aliphatic carbocycles. The molecule has 1 amide bonds. The van der Waals surface area contributed by atoms with E-state index in [1.54, 1.807) is 12.1 Å². The highest BCUT2D eigenvalue weighted by atomic mass is 35.5. The van der Waals surface area contributed by atoms with E-state index in [1.807, 2.05) is 32.0 Å². The standard InChI is InChI=1S/C18H21ClN2O3S2/c1-12-5-7-16(13(2)9-12)25-17-8-6-14(19)10-15(17)20-18(22)11-21(3)26(4,23)24/h5-10H,11H2,1-4H3,(H,20,22). The van der Waals surface area contributed by atoms with E-state index in [0.717, 1.165) is 25.9 Å². The van der Waals surface area contributed by atoms with Crippen LogP contribution in [0.25, 0.3) is 0 Å². The Morgan fingerprint density at radius 3 is 2.42 bits per heavy atom. The Hall–Kier alpha value is -1.54. The Balaban J connectivity index is 2.23. The summed E-state index contributed by atoms with van der Waals surface area (Å²) in [5.41, 5.74) is 2.87. The number of benzene rings is 2. The molecule has 5 nitrogen and oxygen atoms in total. The second kappa shape index (κ2) is 8.43. The summed E-state index contributed by atoms with van der Waals surface area (Å²) >= 11 is 7.59. The lowest BCUT2D eigenvalue weighted by Crippen LogP contribution is -2.34. The van der Waals surface area contributed by atoms with Crippen LogP contribution in [0, 0.1) is 13.8 Å². The molecule has 0 aliphatic heterocycles. The van der Waals surface area contributed by atoms with E-state index >= 15 is 0 Å². The van der Waals surface area contributed by atoms with Crippen LogP contribution in [0.5, 0.6) is 0 Å². The Kier molecular flexibility index (Phi) is 6.74. The molecule has 0 radical (unpaired) electrons. The fraction of sp³-hybridized carbons (Fsp3) is 0.278. The maximum Gasteiger partial charge on any atom is 0.239 e. The quantitative estimate of drug-likeness (QED) is 0.780. The highest BCUT2D eigenvalue weighted by Crippen LogP contribution is 2.36. The van der Waals surface area contributed by atoms with Gasteiger partial charge in [0.05, 0.1) is 18.5 Å². The van der Waals surface area contributed by atoms with Crippen LogP contribution in [0.2, 0.25) is 5.02 Å². The molecule has 8 heteroatoms. The minimum absolute atomic E-state index is 0.265. The fourth-order valence-corrected chi connectivity index (χ4v) is 3.70. The van der Waals surface area contributed by atoms with Crippen LogP contribution in [0.4, 0.5) is 5.69 Å². The first-order valence-electron chi connectivity index (χ1n) is 7.82. The predicted molar refractivity (Wildman–Crippen MR) is 108 cm³/mol. The van der Waals surface area contributed by atoms with Gasteiger partial charge in [-0.3, -0.25) is 4.79 Å². The van der Waals surface area contributed by atoms with Gasteiger partial charge in [-0.2, -0.15) is 4.31 Å². The van der Waals surface area contributed by atoms with E-state index in [-0.39, 0.29) is 6.54 Å². The number of hydrogen-bond acceptors (Lipinski definition) is 4. The van der Waals surface area contributed by atoms with E-state index in [4.69, 9.17) is 11.6 Å². The van der Waals surface area contributed by atoms with Gasteiger partial charge in [-0.15, -0.1) is 0 Å². The molecule has 1 N–H and O–H groups in total. The van der Waals surface area contributed by atoms with Gasteiger partial charge in [-0.25, -0.2) is 8.42 Å². The first-order chi connectivity index (χ1) is 12.1.